The van der Waals surface area contributed by atoms with E-state index in [0.29, 0.717) is 25.4 Å². The molecule has 5 heterocycles. The first-order chi connectivity index (χ1) is 26.8. The number of aliphatic hydroxyl groups is 2. The molecule has 5 aliphatic rings. The predicted octanol–water partition coefficient (Wildman–Crippen LogP) is 7.62. The zero-order valence-corrected chi connectivity index (χ0v) is 36.6. The number of carboxylic acid groups (broad SMARTS) is 1. The average molecular weight is 803 g/mol. The molecule has 324 valence electrons. The van der Waals surface area contributed by atoms with E-state index in [1.807, 2.05) is 13.8 Å². The van der Waals surface area contributed by atoms with Crippen LogP contribution < -0.4 is 0 Å². The second kappa shape index (κ2) is 17.4. The SMILES string of the molecule is CC[C@@]1([C@@H]2O[C@@H]([C@H]3O[C@@](O)(CO)[C@H](C)C[C@@H]3C)C[C@@H]2C)CC[C@H]([C@]2(C)CC[C@]3(C[C@H](OCc4ccc(C(C)C)cc4)[C@@H](C)[C@@H]([C@@H](C)[C@@H](OC)[C@H](C)C(=O)O)O3)O2)O1. The number of rotatable bonds is 14. The van der Waals surface area contributed by atoms with Crippen molar-refractivity contribution in [1.29, 1.82) is 0 Å². The molecule has 5 fully saturated rings. The molecular weight excluding hydrogens is 728 g/mol. The van der Waals surface area contributed by atoms with Crippen molar-refractivity contribution >= 4 is 5.97 Å². The number of methoxy groups -OCH3 is 1. The highest BCUT2D eigenvalue weighted by Gasteiger charge is 2.62. The Hall–Kier alpha value is -1.67. The first-order valence-corrected chi connectivity index (χ1v) is 22.0. The minimum atomic E-state index is -1.57. The summed E-state index contributed by atoms with van der Waals surface area (Å²) in [6, 6.07) is 8.62. The van der Waals surface area contributed by atoms with Gasteiger partial charge < -0.3 is 48.5 Å². The van der Waals surface area contributed by atoms with Crippen molar-refractivity contribution < 1.29 is 53.3 Å². The Bertz CT molecular complexity index is 1510. The molecule has 11 heteroatoms. The highest BCUT2D eigenvalue weighted by molar-refractivity contribution is 5.70. The van der Waals surface area contributed by atoms with Crippen molar-refractivity contribution in [3.8, 4) is 0 Å². The number of carboxylic acids is 1. The van der Waals surface area contributed by atoms with E-state index in [0.717, 1.165) is 44.1 Å². The van der Waals surface area contributed by atoms with Crippen molar-refractivity contribution in [1.82, 2.24) is 0 Å². The summed E-state index contributed by atoms with van der Waals surface area (Å²) in [5.74, 6) is -3.77. The number of benzene rings is 1. The molecule has 0 aromatic heterocycles. The Morgan fingerprint density at radius 2 is 1.67 bits per heavy atom. The van der Waals surface area contributed by atoms with Crippen molar-refractivity contribution in [2.45, 2.75) is 199 Å². The lowest BCUT2D eigenvalue weighted by atomic mass is 9.78. The van der Waals surface area contributed by atoms with Gasteiger partial charge in [-0.15, -0.1) is 0 Å². The van der Waals surface area contributed by atoms with E-state index in [1.165, 1.54) is 5.56 Å². The molecule has 6 rings (SSSR count). The van der Waals surface area contributed by atoms with Crippen molar-refractivity contribution in [3.05, 3.63) is 35.4 Å². The first-order valence-electron chi connectivity index (χ1n) is 22.0. The van der Waals surface area contributed by atoms with Crippen molar-refractivity contribution in [2.75, 3.05) is 13.7 Å². The third kappa shape index (κ3) is 8.76. The molecule has 5 aliphatic heterocycles. The summed E-state index contributed by atoms with van der Waals surface area (Å²) < 4.78 is 47.4. The van der Waals surface area contributed by atoms with Gasteiger partial charge in [0.1, 0.15) is 0 Å². The van der Waals surface area contributed by atoms with Gasteiger partial charge >= 0.3 is 5.97 Å². The first kappa shape index (κ1) is 44.9. The van der Waals surface area contributed by atoms with Crippen LogP contribution in [0.4, 0.5) is 0 Å². The van der Waals surface area contributed by atoms with Crippen LogP contribution in [0.5, 0.6) is 0 Å². The number of hydrogen-bond acceptors (Lipinski definition) is 10. The smallest absolute Gasteiger partial charge is 0.308 e. The normalized spacial score (nSPS) is 44.1. The summed E-state index contributed by atoms with van der Waals surface area (Å²) in [5.41, 5.74) is 1.25. The Kier molecular flexibility index (Phi) is 13.7. The number of aliphatic hydroxyl groups excluding tert-OH is 1. The van der Waals surface area contributed by atoms with Gasteiger partial charge in [0.2, 0.25) is 0 Å². The summed E-state index contributed by atoms with van der Waals surface area (Å²) in [6.07, 6.45) is 3.93. The fourth-order valence-electron chi connectivity index (χ4n) is 11.3. The standard InChI is InChI=1S/C46H74O11/c1-12-44(41-28(5)22-35(53-41)38-27(4)21-29(6)46(50,25-47)56-38)18-17-37(54-44)43(10)19-20-45(57-43)23-36(52-24-33-13-15-34(16-14-33)26(2)3)30(7)40(55-45)31(8)39(51-11)32(9)42(48)49/h13-16,26-32,35-41,47,50H,12,17-25H2,1-11H3,(H,48,49)/t27-,28-,29+,30+,31-,32-,35+,36-,37+,38-,39+,40-,41+,43-,44-,45+,46-/m0/s1. The van der Waals surface area contributed by atoms with E-state index in [9.17, 15) is 20.1 Å². The lowest BCUT2D eigenvalue weighted by Gasteiger charge is -2.50. The quantitative estimate of drug-likeness (QED) is 0.171. The van der Waals surface area contributed by atoms with E-state index in [4.69, 9.17) is 33.2 Å². The van der Waals surface area contributed by atoms with E-state index >= 15 is 0 Å². The second-order valence-electron chi connectivity index (χ2n) is 19.5. The molecule has 0 bridgehead atoms. The monoisotopic (exact) mass is 803 g/mol. The third-order valence-electron chi connectivity index (χ3n) is 15.1. The molecule has 1 aromatic rings. The van der Waals surface area contributed by atoms with Crippen LogP contribution in [0.2, 0.25) is 0 Å². The maximum atomic E-state index is 12.2. The van der Waals surface area contributed by atoms with Crippen LogP contribution in [-0.4, -0.2) is 101 Å². The molecule has 3 N–H and O–H groups in total. The van der Waals surface area contributed by atoms with Crippen molar-refractivity contribution in [2.24, 2.45) is 35.5 Å². The van der Waals surface area contributed by atoms with Crippen LogP contribution in [0.3, 0.4) is 0 Å². The van der Waals surface area contributed by atoms with Crippen LogP contribution in [-0.2, 0) is 44.6 Å². The fourth-order valence-corrected chi connectivity index (χ4v) is 11.3. The summed E-state index contributed by atoms with van der Waals surface area (Å²) >= 11 is 0. The minimum Gasteiger partial charge on any atom is -0.481 e. The maximum Gasteiger partial charge on any atom is 0.308 e. The average Bonchev–Trinajstić information content (AvgIpc) is 3.90. The Morgan fingerprint density at radius 3 is 2.28 bits per heavy atom. The van der Waals surface area contributed by atoms with Crippen LogP contribution in [0.15, 0.2) is 24.3 Å². The molecular formula is C46H74O11. The summed E-state index contributed by atoms with van der Waals surface area (Å²) in [4.78, 5) is 12.2. The van der Waals surface area contributed by atoms with Gasteiger partial charge in [0.15, 0.2) is 11.6 Å². The molecule has 11 nitrogen and oxygen atoms in total. The van der Waals surface area contributed by atoms with E-state index in [-0.39, 0.29) is 66.2 Å². The summed E-state index contributed by atoms with van der Waals surface area (Å²) in [7, 11) is 1.58. The number of carbonyl (C=O) groups is 1. The zero-order chi connectivity index (χ0) is 41.7. The molecule has 1 spiro atoms. The Morgan fingerprint density at radius 1 is 0.965 bits per heavy atom. The maximum absolute atomic E-state index is 12.2. The van der Waals surface area contributed by atoms with E-state index in [2.05, 4.69) is 72.7 Å². The molecule has 17 atom stereocenters. The van der Waals surface area contributed by atoms with Gasteiger partial charge in [-0.05, 0) is 81.3 Å². The van der Waals surface area contributed by atoms with Crippen LogP contribution >= 0.6 is 0 Å². The Labute approximate surface area is 341 Å². The van der Waals surface area contributed by atoms with Gasteiger partial charge in [-0.2, -0.15) is 0 Å². The predicted molar refractivity (Wildman–Crippen MR) is 215 cm³/mol. The van der Waals surface area contributed by atoms with E-state index < -0.39 is 47.4 Å². The molecule has 0 unspecified atom stereocenters. The van der Waals surface area contributed by atoms with Crippen molar-refractivity contribution in [3.63, 3.8) is 0 Å². The largest absolute Gasteiger partial charge is 0.481 e. The topological polar surface area (TPSA) is 142 Å². The molecule has 1 aromatic carbocycles. The molecule has 57 heavy (non-hydrogen) atoms. The van der Waals surface area contributed by atoms with Crippen LogP contribution in [0.1, 0.15) is 138 Å². The van der Waals surface area contributed by atoms with Gasteiger partial charge in [-0.1, -0.05) is 79.7 Å². The molecule has 0 aliphatic carbocycles. The van der Waals surface area contributed by atoms with Gasteiger partial charge in [-0.25, -0.2) is 0 Å². The van der Waals surface area contributed by atoms with Gasteiger partial charge in [0.25, 0.3) is 0 Å². The van der Waals surface area contributed by atoms with E-state index in [1.54, 1.807) is 14.0 Å². The molecule has 5 saturated heterocycles. The second-order valence-corrected chi connectivity index (χ2v) is 19.5. The van der Waals surface area contributed by atoms with Crippen LogP contribution in [0.25, 0.3) is 0 Å². The Balaban J connectivity index is 1.19. The van der Waals surface area contributed by atoms with Gasteiger partial charge in [-0.3, -0.25) is 4.79 Å². The molecule has 0 saturated carbocycles. The number of ether oxygens (including phenoxy) is 7. The highest BCUT2D eigenvalue weighted by atomic mass is 16.7. The lowest BCUT2D eigenvalue weighted by Crippen LogP contribution is -2.57. The summed E-state index contributed by atoms with van der Waals surface area (Å²) in [5, 5.41) is 31.1. The third-order valence-corrected chi connectivity index (χ3v) is 15.1. The minimum absolute atomic E-state index is 0.0495. The molecule has 0 radical (unpaired) electrons. The zero-order valence-electron chi connectivity index (χ0n) is 36.6. The number of hydrogen-bond donors (Lipinski definition) is 3. The van der Waals surface area contributed by atoms with Crippen LogP contribution in [0, 0.1) is 35.5 Å². The highest BCUT2D eigenvalue weighted by Crippen LogP contribution is 2.55. The molecule has 0 amide bonds. The number of aliphatic carboxylic acids is 1. The lowest BCUT2D eigenvalue weighted by molar-refractivity contribution is -0.340. The van der Waals surface area contributed by atoms with Gasteiger partial charge in [0.05, 0.1) is 73.1 Å². The summed E-state index contributed by atoms with van der Waals surface area (Å²) in [6.45, 7) is 20.9. The van der Waals surface area contributed by atoms with Gasteiger partial charge in [0, 0.05) is 37.7 Å². The fraction of sp³-hybridized carbons (Fsp3) is 0.848.